The molecule has 0 aromatic heterocycles. The van der Waals surface area contributed by atoms with E-state index in [0.717, 1.165) is 19.9 Å². The van der Waals surface area contributed by atoms with E-state index in [1.165, 1.54) is 24.1 Å². The molecule has 0 aliphatic rings. The molecule has 0 aliphatic carbocycles. The van der Waals surface area contributed by atoms with Gasteiger partial charge in [-0.15, -0.1) is 0 Å². The molecule has 7 nitrogen and oxygen atoms in total. The minimum absolute atomic E-state index is 0.0848. The van der Waals surface area contributed by atoms with Gasteiger partial charge in [-0.25, -0.2) is 8.42 Å². The lowest BCUT2D eigenvalue weighted by Gasteiger charge is -2.32. The number of sulfonamides is 1. The Bertz CT molecular complexity index is 1320. The number of benzene rings is 3. The van der Waals surface area contributed by atoms with E-state index in [1.54, 1.807) is 37.3 Å². The van der Waals surface area contributed by atoms with Gasteiger partial charge in [0.05, 0.1) is 10.6 Å². The second-order valence-corrected chi connectivity index (χ2v) is 11.0. The fourth-order valence-electron chi connectivity index (χ4n) is 3.91. The molecule has 0 radical (unpaired) electrons. The fourth-order valence-corrected chi connectivity index (χ4v) is 5.83. The lowest BCUT2D eigenvalue weighted by molar-refractivity contribution is -0.139. The Balaban J connectivity index is 2.06. The zero-order chi connectivity index (χ0) is 26.3. The molecule has 2 amide bonds. The molecule has 1 atom stereocenters. The molecule has 0 aliphatic heterocycles. The number of aryl methyl sites for hydroxylation is 1. The molecule has 0 fully saturated rings. The minimum atomic E-state index is -4.07. The molecule has 3 rings (SSSR count). The van der Waals surface area contributed by atoms with Crippen LogP contribution in [0.4, 0.5) is 5.69 Å². The number of carbonyl (C=O) groups is 2. The number of halogens is 1. The van der Waals surface area contributed by atoms with Gasteiger partial charge in [-0.3, -0.25) is 13.9 Å². The van der Waals surface area contributed by atoms with E-state index in [0.29, 0.717) is 12.1 Å². The maximum absolute atomic E-state index is 13.8. The molecule has 0 bridgehead atoms. The number of hydrogen-bond donors (Lipinski definition) is 1. The fraction of sp³-hybridized carbons (Fsp3) is 0.259. The van der Waals surface area contributed by atoms with Crippen molar-refractivity contribution in [3.05, 3.63) is 94.5 Å². The molecule has 0 saturated heterocycles. The summed E-state index contributed by atoms with van der Waals surface area (Å²) in [6.45, 7) is 3.25. The van der Waals surface area contributed by atoms with E-state index in [9.17, 15) is 18.0 Å². The Kier molecular flexibility index (Phi) is 9.28. The Morgan fingerprint density at radius 3 is 2.28 bits per heavy atom. The lowest BCUT2D eigenvalue weighted by Crippen LogP contribution is -2.50. The highest BCUT2D eigenvalue weighted by Gasteiger charge is 2.33. The molecule has 9 heteroatoms. The van der Waals surface area contributed by atoms with E-state index in [4.69, 9.17) is 0 Å². The largest absolute Gasteiger partial charge is 0.357 e. The third kappa shape index (κ3) is 6.33. The normalized spacial score (nSPS) is 12.0. The third-order valence-corrected chi connectivity index (χ3v) is 8.17. The minimum Gasteiger partial charge on any atom is -0.357 e. The summed E-state index contributed by atoms with van der Waals surface area (Å²) in [6.07, 6.45) is 0.585. The summed E-state index contributed by atoms with van der Waals surface area (Å²) in [5, 5.41) is 2.58. The summed E-state index contributed by atoms with van der Waals surface area (Å²) >= 11 is 3.44. The molecule has 1 unspecified atom stereocenters. The first-order valence-corrected chi connectivity index (χ1v) is 13.8. The monoisotopic (exact) mass is 571 g/mol. The standard InChI is InChI=1S/C27H30BrN3O4S/c1-4-22-12-8-9-16-25(22)31(36(34,35)24-14-6-5-7-15-24)19-26(32)30(20(2)27(33)29-3)18-21-11-10-13-23(28)17-21/h5-17,20H,4,18-19H2,1-3H3,(H,29,33). The number of likely N-dealkylation sites (N-methyl/N-ethyl adjacent to an activating group) is 1. The topological polar surface area (TPSA) is 86.8 Å². The predicted molar refractivity (Wildman–Crippen MR) is 145 cm³/mol. The van der Waals surface area contributed by atoms with Crippen molar-refractivity contribution >= 4 is 43.5 Å². The number of amides is 2. The van der Waals surface area contributed by atoms with Crippen molar-refractivity contribution < 1.29 is 18.0 Å². The van der Waals surface area contributed by atoms with Crippen molar-refractivity contribution in [3.8, 4) is 0 Å². The third-order valence-electron chi connectivity index (χ3n) is 5.91. The van der Waals surface area contributed by atoms with Crippen LogP contribution in [0.25, 0.3) is 0 Å². The summed E-state index contributed by atoms with van der Waals surface area (Å²) in [5.74, 6) is -0.832. The van der Waals surface area contributed by atoms with Crippen molar-refractivity contribution in [2.24, 2.45) is 0 Å². The molecule has 0 saturated carbocycles. The van der Waals surface area contributed by atoms with Crippen LogP contribution in [-0.4, -0.2) is 44.8 Å². The van der Waals surface area contributed by atoms with Crippen molar-refractivity contribution in [2.75, 3.05) is 17.9 Å². The van der Waals surface area contributed by atoms with Crippen molar-refractivity contribution in [3.63, 3.8) is 0 Å². The summed E-state index contributed by atoms with van der Waals surface area (Å²) in [7, 11) is -2.56. The summed E-state index contributed by atoms with van der Waals surface area (Å²) in [5.41, 5.74) is 2.04. The van der Waals surface area contributed by atoms with Gasteiger partial charge in [0, 0.05) is 18.1 Å². The van der Waals surface area contributed by atoms with Gasteiger partial charge in [0.15, 0.2) is 0 Å². The average molecular weight is 573 g/mol. The highest BCUT2D eigenvalue weighted by atomic mass is 79.9. The number of nitrogens with one attached hydrogen (secondary N) is 1. The average Bonchev–Trinajstić information content (AvgIpc) is 2.89. The van der Waals surface area contributed by atoms with Gasteiger partial charge in [0.2, 0.25) is 11.8 Å². The maximum atomic E-state index is 13.8. The lowest BCUT2D eigenvalue weighted by atomic mass is 10.1. The molecule has 3 aromatic carbocycles. The number of nitrogens with zero attached hydrogens (tertiary/aromatic N) is 2. The van der Waals surface area contributed by atoms with Crippen LogP contribution in [0.5, 0.6) is 0 Å². The van der Waals surface area contributed by atoms with E-state index >= 15 is 0 Å². The van der Waals surface area contributed by atoms with Gasteiger partial charge in [0.25, 0.3) is 10.0 Å². The smallest absolute Gasteiger partial charge is 0.264 e. The Morgan fingerprint density at radius 2 is 1.64 bits per heavy atom. The Hall–Kier alpha value is -3.17. The van der Waals surface area contributed by atoms with Crippen LogP contribution in [-0.2, 0) is 32.6 Å². The molecular weight excluding hydrogens is 542 g/mol. The quantitative estimate of drug-likeness (QED) is 0.391. The number of anilines is 1. The number of rotatable bonds is 10. The molecule has 0 spiro atoms. The van der Waals surface area contributed by atoms with Crippen LogP contribution < -0.4 is 9.62 Å². The van der Waals surface area contributed by atoms with Gasteiger partial charge >= 0.3 is 0 Å². The van der Waals surface area contributed by atoms with Gasteiger partial charge in [-0.1, -0.05) is 71.4 Å². The van der Waals surface area contributed by atoms with Crippen molar-refractivity contribution in [1.82, 2.24) is 10.2 Å². The van der Waals surface area contributed by atoms with Crippen LogP contribution in [0.3, 0.4) is 0 Å². The zero-order valence-electron chi connectivity index (χ0n) is 20.5. The number of hydrogen-bond acceptors (Lipinski definition) is 4. The zero-order valence-corrected chi connectivity index (χ0v) is 22.9. The van der Waals surface area contributed by atoms with Crippen LogP contribution >= 0.6 is 15.9 Å². The molecule has 0 heterocycles. The van der Waals surface area contributed by atoms with E-state index in [1.807, 2.05) is 43.3 Å². The van der Waals surface area contributed by atoms with Crippen molar-refractivity contribution in [2.45, 2.75) is 37.8 Å². The molecule has 190 valence electrons. The molecular formula is C27H30BrN3O4S. The van der Waals surface area contributed by atoms with Crippen LogP contribution in [0.1, 0.15) is 25.0 Å². The van der Waals surface area contributed by atoms with Gasteiger partial charge in [-0.05, 0) is 54.8 Å². The first-order chi connectivity index (χ1) is 17.2. The van der Waals surface area contributed by atoms with E-state index in [-0.39, 0.29) is 17.3 Å². The second kappa shape index (κ2) is 12.2. The maximum Gasteiger partial charge on any atom is 0.264 e. The van der Waals surface area contributed by atoms with Gasteiger partial charge in [0.1, 0.15) is 12.6 Å². The first-order valence-electron chi connectivity index (χ1n) is 11.6. The SMILES string of the molecule is CCc1ccccc1N(CC(=O)N(Cc1cccc(Br)c1)C(C)C(=O)NC)S(=O)(=O)c1ccccc1. The van der Waals surface area contributed by atoms with Crippen LogP contribution in [0, 0.1) is 0 Å². The van der Waals surface area contributed by atoms with Crippen LogP contribution in [0.2, 0.25) is 0 Å². The van der Waals surface area contributed by atoms with Crippen LogP contribution in [0.15, 0.2) is 88.2 Å². The second-order valence-electron chi connectivity index (χ2n) is 8.25. The highest BCUT2D eigenvalue weighted by Crippen LogP contribution is 2.28. The summed E-state index contributed by atoms with van der Waals surface area (Å²) in [4.78, 5) is 27.8. The number of carbonyl (C=O) groups excluding carboxylic acids is 2. The van der Waals surface area contributed by atoms with E-state index < -0.39 is 28.5 Å². The van der Waals surface area contributed by atoms with E-state index in [2.05, 4.69) is 21.2 Å². The predicted octanol–water partition coefficient (Wildman–Crippen LogP) is 4.37. The first kappa shape index (κ1) is 27.4. The Labute approximate surface area is 221 Å². The van der Waals surface area contributed by atoms with Gasteiger partial charge < -0.3 is 10.2 Å². The van der Waals surface area contributed by atoms with Gasteiger partial charge in [-0.2, -0.15) is 0 Å². The molecule has 1 N–H and O–H groups in total. The molecule has 3 aromatic rings. The summed E-state index contributed by atoms with van der Waals surface area (Å²) < 4.78 is 29.6. The Morgan fingerprint density at radius 1 is 0.972 bits per heavy atom. The highest BCUT2D eigenvalue weighted by molar-refractivity contribution is 9.10. The summed E-state index contributed by atoms with van der Waals surface area (Å²) in [6, 6.07) is 21.8. The number of para-hydroxylation sites is 1. The molecule has 36 heavy (non-hydrogen) atoms. The van der Waals surface area contributed by atoms with Crippen molar-refractivity contribution in [1.29, 1.82) is 0 Å².